The molecule has 0 spiro atoms. The maximum absolute atomic E-state index is 12.8. The molecule has 8 heteroatoms. The van der Waals surface area contributed by atoms with Crippen molar-refractivity contribution in [3.05, 3.63) is 52.0 Å². The zero-order valence-electron chi connectivity index (χ0n) is 14.3. The van der Waals surface area contributed by atoms with Crippen molar-refractivity contribution in [2.45, 2.75) is 5.37 Å². The van der Waals surface area contributed by atoms with E-state index in [1.807, 2.05) is 18.2 Å². The van der Waals surface area contributed by atoms with Gasteiger partial charge in [0.05, 0.1) is 24.9 Å². The first-order valence-corrected chi connectivity index (χ1v) is 9.70. The van der Waals surface area contributed by atoms with Crippen molar-refractivity contribution in [2.75, 3.05) is 31.8 Å². The van der Waals surface area contributed by atoms with Crippen LogP contribution in [0.15, 0.2) is 36.4 Å². The van der Waals surface area contributed by atoms with E-state index in [9.17, 15) is 4.79 Å². The van der Waals surface area contributed by atoms with Crippen LogP contribution in [0.25, 0.3) is 0 Å². The quantitative estimate of drug-likeness (QED) is 0.740. The first-order valence-electron chi connectivity index (χ1n) is 7.89. The Labute approximate surface area is 166 Å². The van der Waals surface area contributed by atoms with Crippen LogP contribution < -0.4 is 14.8 Å². The third kappa shape index (κ3) is 3.98. The maximum Gasteiger partial charge on any atom is 0.323 e. The van der Waals surface area contributed by atoms with Crippen molar-refractivity contribution in [2.24, 2.45) is 0 Å². The second-order valence-electron chi connectivity index (χ2n) is 5.58. The molecule has 0 saturated carbocycles. The summed E-state index contributed by atoms with van der Waals surface area (Å²) in [4.78, 5) is 14.6. The van der Waals surface area contributed by atoms with Crippen molar-refractivity contribution in [1.29, 1.82) is 0 Å². The summed E-state index contributed by atoms with van der Waals surface area (Å²) in [5.41, 5.74) is 1.42. The van der Waals surface area contributed by atoms with E-state index in [1.165, 1.54) is 0 Å². The molecule has 2 aromatic carbocycles. The summed E-state index contributed by atoms with van der Waals surface area (Å²) >= 11 is 13.7. The number of thioether (sulfide) groups is 1. The number of carbonyl (C=O) groups excluding carboxylic acids is 1. The number of anilines is 1. The third-order valence-corrected chi connectivity index (χ3v) is 5.82. The van der Waals surface area contributed by atoms with E-state index in [0.717, 1.165) is 17.1 Å². The Morgan fingerprint density at radius 2 is 2.00 bits per heavy atom. The fourth-order valence-electron chi connectivity index (χ4n) is 2.75. The molecule has 3 rings (SSSR count). The molecule has 0 unspecified atom stereocenters. The maximum atomic E-state index is 12.8. The van der Waals surface area contributed by atoms with Crippen LogP contribution in [0, 0.1) is 0 Å². The van der Waals surface area contributed by atoms with Gasteiger partial charge in [-0.05, 0) is 36.4 Å². The monoisotopic (exact) mass is 412 g/mol. The van der Waals surface area contributed by atoms with Crippen molar-refractivity contribution in [3.8, 4) is 11.5 Å². The largest absolute Gasteiger partial charge is 0.497 e. The molecule has 1 aliphatic rings. The number of hydrogen-bond acceptors (Lipinski definition) is 4. The molecule has 138 valence electrons. The van der Waals surface area contributed by atoms with Crippen molar-refractivity contribution in [3.63, 3.8) is 0 Å². The Kier molecular flexibility index (Phi) is 6.06. The van der Waals surface area contributed by atoms with Gasteiger partial charge in [-0.3, -0.25) is 0 Å². The van der Waals surface area contributed by atoms with Crippen LogP contribution in [-0.4, -0.2) is 37.4 Å². The molecule has 1 aliphatic heterocycles. The summed E-state index contributed by atoms with van der Waals surface area (Å²) in [7, 11) is 3.23. The number of urea groups is 1. The van der Waals surface area contributed by atoms with Crippen LogP contribution in [0.1, 0.15) is 10.9 Å². The van der Waals surface area contributed by atoms with Crippen LogP contribution in [0.5, 0.6) is 11.5 Å². The van der Waals surface area contributed by atoms with Gasteiger partial charge in [-0.2, -0.15) is 0 Å². The summed E-state index contributed by atoms with van der Waals surface area (Å²) in [5.74, 6) is 2.26. The van der Waals surface area contributed by atoms with Crippen molar-refractivity contribution >= 4 is 46.7 Å². The average Bonchev–Trinajstić information content (AvgIpc) is 3.13. The van der Waals surface area contributed by atoms with Crippen LogP contribution in [0.4, 0.5) is 10.5 Å². The summed E-state index contributed by atoms with van der Waals surface area (Å²) in [6.45, 7) is 0.618. The molecule has 0 radical (unpaired) electrons. The number of rotatable bonds is 4. The lowest BCUT2D eigenvalue weighted by molar-refractivity contribution is 0.213. The van der Waals surface area contributed by atoms with Gasteiger partial charge in [0.15, 0.2) is 0 Å². The van der Waals surface area contributed by atoms with Crippen LogP contribution in [-0.2, 0) is 0 Å². The zero-order chi connectivity index (χ0) is 18.7. The van der Waals surface area contributed by atoms with Gasteiger partial charge in [-0.15, -0.1) is 11.8 Å². The molecule has 26 heavy (non-hydrogen) atoms. The first kappa shape index (κ1) is 19.0. The van der Waals surface area contributed by atoms with E-state index in [-0.39, 0.29) is 11.4 Å². The van der Waals surface area contributed by atoms with E-state index < -0.39 is 0 Å². The summed E-state index contributed by atoms with van der Waals surface area (Å²) in [6, 6.07) is 10.3. The highest BCUT2D eigenvalue weighted by Gasteiger charge is 2.33. The molecule has 0 aromatic heterocycles. The Morgan fingerprint density at radius 3 is 2.69 bits per heavy atom. The first-order chi connectivity index (χ1) is 12.5. The van der Waals surface area contributed by atoms with Gasteiger partial charge in [-0.25, -0.2) is 4.79 Å². The zero-order valence-corrected chi connectivity index (χ0v) is 16.6. The molecular weight excluding hydrogens is 395 g/mol. The Balaban J connectivity index is 1.85. The predicted octanol–water partition coefficient (Wildman–Crippen LogP) is 5.29. The molecule has 1 saturated heterocycles. The molecule has 0 bridgehead atoms. The van der Waals surface area contributed by atoms with Gasteiger partial charge in [0, 0.05) is 22.9 Å². The highest BCUT2D eigenvalue weighted by molar-refractivity contribution is 7.99. The van der Waals surface area contributed by atoms with Gasteiger partial charge >= 0.3 is 6.03 Å². The van der Waals surface area contributed by atoms with E-state index in [1.54, 1.807) is 49.1 Å². The highest BCUT2D eigenvalue weighted by atomic mass is 35.5. The number of amides is 2. The van der Waals surface area contributed by atoms with E-state index in [2.05, 4.69) is 5.32 Å². The Bertz CT molecular complexity index is 819. The molecule has 1 N–H and O–H groups in total. The molecule has 2 aromatic rings. The van der Waals surface area contributed by atoms with Gasteiger partial charge in [0.1, 0.15) is 16.9 Å². The van der Waals surface area contributed by atoms with Gasteiger partial charge in [0.25, 0.3) is 0 Å². The number of methoxy groups -OCH3 is 2. The fraction of sp³-hybridized carbons (Fsp3) is 0.278. The lowest BCUT2D eigenvalue weighted by Gasteiger charge is -2.26. The Hall–Kier alpha value is -1.76. The fourth-order valence-corrected chi connectivity index (χ4v) is 4.47. The summed E-state index contributed by atoms with van der Waals surface area (Å²) in [6.07, 6.45) is 0. The minimum Gasteiger partial charge on any atom is -0.497 e. The Morgan fingerprint density at radius 1 is 1.19 bits per heavy atom. The van der Waals surface area contributed by atoms with E-state index in [4.69, 9.17) is 32.7 Å². The van der Waals surface area contributed by atoms with Gasteiger partial charge < -0.3 is 19.7 Å². The number of hydrogen-bond donors (Lipinski definition) is 1. The number of carbonyl (C=O) groups is 1. The number of nitrogens with zero attached hydrogens (tertiary/aromatic N) is 1. The smallest absolute Gasteiger partial charge is 0.323 e. The molecule has 1 fully saturated rings. The lowest BCUT2D eigenvalue weighted by atomic mass is 10.1. The van der Waals surface area contributed by atoms with E-state index in [0.29, 0.717) is 28.0 Å². The van der Waals surface area contributed by atoms with Gasteiger partial charge in [-0.1, -0.05) is 23.2 Å². The number of nitrogens with one attached hydrogen (secondary N) is 1. The van der Waals surface area contributed by atoms with Gasteiger partial charge in [0.2, 0.25) is 0 Å². The second-order valence-corrected chi connectivity index (χ2v) is 7.61. The normalized spacial score (nSPS) is 16.5. The van der Waals surface area contributed by atoms with Crippen LogP contribution >= 0.6 is 35.0 Å². The predicted molar refractivity (Wildman–Crippen MR) is 107 cm³/mol. The minimum absolute atomic E-state index is 0.175. The molecule has 0 aliphatic carbocycles. The lowest BCUT2D eigenvalue weighted by Crippen LogP contribution is -2.34. The van der Waals surface area contributed by atoms with Crippen LogP contribution in [0.2, 0.25) is 10.0 Å². The topological polar surface area (TPSA) is 50.8 Å². The average molecular weight is 413 g/mol. The molecular formula is C18H18Cl2N2O3S. The number of halogens is 2. The molecule has 1 heterocycles. The summed E-state index contributed by atoms with van der Waals surface area (Å²) in [5, 5.41) is 3.60. The minimum atomic E-state index is -0.228. The van der Waals surface area contributed by atoms with Crippen molar-refractivity contribution in [1.82, 2.24) is 4.90 Å². The summed E-state index contributed by atoms with van der Waals surface area (Å²) < 4.78 is 10.8. The van der Waals surface area contributed by atoms with Crippen LogP contribution in [0.3, 0.4) is 0 Å². The van der Waals surface area contributed by atoms with E-state index >= 15 is 0 Å². The standard InChI is InChI=1S/C18H18Cl2N2O3S/c1-24-12-4-6-16(25-2)13(10-12)17-22(7-8-26-17)18(23)21-15-5-3-11(19)9-14(15)20/h3-6,9-10,17H,7-8H2,1-2H3,(H,21,23)/t17-/m1/s1. The third-order valence-electron chi connectivity index (χ3n) is 4.03. The molecule has 1 atom stereocenters. The number of ether oxygens (including phenoxy) is 2. The van der Waals surface area contributed by atoms with Crippen molar-refractivity contribution < 1.29 is 14.3 Å². The molecule has 2 amide bonds. The number of benzene rings is 2. The highest BCUT2D eigenvalue weighted by Crippen LogP contribution is 2.43. The SMILES string of the molecule is COc1ccc(OC)c([C@H]2SCCN2C(=O)Nc2ccc(Cl)cc2Cl)c1. The molecule has 5 nitrogen and oxygen atoms in total. The second kappa shape index (κ2) is 8.29.